The van der Waals surface area contributed by atoms with E-state index in [4.69, 9.17) is 0 Å². The molecule has 0 saturated carbocycles. The highest BCUT2D eigenvalue weighted by Gasteiger charge is 2.35. The van der Waals surface area contributed by atoms with Gasteiger partial charge in [-0.1, -0.05) is 140 Å². The molecule has 0 N–H and O–H groups in total. The van der Waals surface area contributed by atoms with Crippen molar-refractivity contribution in [3.8, 4) is 73.7 Å². The van der Waals surface area contributed by atoms with Crippen molar-refractivity contribution in [2.45, 2.75) is 6.54 Å². The standard InChI is InChI=1S/C56H34N6O/c57-33-43-20-11-22-49(59-43)39-25-27-45-46-28-26-40(50-23-12-21-44(34-58)60-50)32-53(46)62(52(45)31-39)51-24-10-19-41-35-61(56(63)54(41)51)55-47(37-15-6-2-7-16-37)29-42(36-13-4-1-5-14-36)30-48(55)38-17-8-3-9-18-38/h1-32H,35H2. The lowest BCUT2D eigenvalue weighted by atomic mass is 9.90. The molecule has 3 aromatic heterocycles. The summed E-state index contributed by atoms with van der Waals surface area (Å²) in [5, 5.41) is 21.4. The van der Waals surface area contributed by atoms with Crippen LogP contribution in [0.15, 0.2) is 194 Å². The van der Waals surface area contributed by atoms with Gasteiger partial charge in [0.05, 0.1) is 45.9 Å². The quantitative estimate of drug-likeness (QED) is 0.160. The van der Waals surface area contributed by atoms with Gasteiger partial charge < -0.3 is 9.47 Å². The third-order valence-electron chi connectivity index (χ3n) is 11.9. The van der Waals surface area contributed by atoms with Gasteiger partial charge in [0.25, 0.3) is 5.91 Å². The Bertz CT molecular complexity index is 3350. The highest BCUT2D eigenvalue weighted by Crippen LogP contribution is 2.47. The van der Waals surface area contributed by atoms with Crippen LogP contribution in [0.4, 0.5) is 5.69 Å². The van der Waals surface area contributed by atoms with Gasteiger partial charge in [-0.25, -0.2) is 9.97 Å². The summed E-state index contributed by atoms with van der Waals surface area (Å²) in [7, 11) is 0. The maximum atomic E-state index is 15.7. The largest absolute Gasteiger partial charge is 0.308 e. The van der Waals surface area contributed by atoms with E-state index in [9.17, 15) is 10.5 Å². The molecule has 0 radical (unpaired) electrons. The molecule has 63 heavy (non-hydrogen) atoms. The fourth-order valence-electron chi connectivity index (χ4n) is 9.02. The summed E-state index contributed by atoms with van der Waals surface area (Å²) in [6.07, 6.45) is 0. The van der Waals surface area contributed by atoms with Crippen LogP contribution in [0.5, 0.6) is 0 Å². The minimum absolute atomic E-state index is 0.100. The van der Waals surface area contributed by atoms with E-state index in [2.05, 4.69) is 118 Å². The van der Waals surface area contributed by atoms with Gasteiger partial charge in [0, 0.05) is 33.0 Å². The first kappa shape index (κ1) is 37.1. The molecule has 11 rings (SSSR count). The van der Waals surface area contributed by atoms with Gasteiger partial charge in [-0.15, -0.1) is 0 Å². The smallest absolute Gasteiger partial charge is 0.261 e. The van der Waals surface area contributed by atoms with E-state index in [0.29, 0.717) is 34.9 Å². The summed E-state index contributed by atoms with van der Waals surface area (Å²) < 4.78 is 2.18. The number of pyridine rings is 2. The van der Waals surface area contributed by atoms with E-state index >= 15 is 4.79 Å². The summed E-state index contributed by atoms with van der Waals surface area (Å²) in [5.41, 5.74) is 14.7. The Kier molecular flexibility index (Phi) is 9.00. The Balaban J connectivity index is 1.15. The summed E-state index contributed by atoms with van der Waals surface area (Å²) in [4.78, 5) is 26.9. The van der Waals surface area contributed by atoms with E-state index in [1.165, 1.54) is 0 Å². The minimum Gasteiger partial charge on any atom is -0.308 e. The second kappa shape index (κ2) is 15.3. The molecule has 294 valence electrons. The number of nitrogens with zero attached hydrogens (tertiary/aromatic N) is 6. The molecule has 0 unspecified atom stereocenters. The molecular formula is C56H34N6O. The van der Waals surface area contributed by atoms with Crippen LogP contribution in [0, 0.1) is 22.7 Å². The lowest BCUT2D eigenvalue weighted by molar-refractivity contribution is 0.0997. The monoisotopic (exact) mass is 806 g/mol. The van der Waals surface area contributed by atoms with Crippen LogP contribution in [0.3, 0.4) is 0 Å². The van der Waals surface area contributed by atoms with Crippen LogP contribution in [0.2, 0.25) is 0 Å². The van der Waals surface area contributed by atoms with E-state index in [-0.39, 0.29) is 5.91 Å². The molecule has 1 aliphatic heterocycles. The van der Waals surface area contributed by atoms with Crippen LogP contribution in [0.1, 0.15) is 27.3 Å². The van der Waals surface area contributed by atoms with Crippen LogP contribution < -0.4 is 4.90 Å². The van der Waals surface area contributed by atoms with Crippen molar-refractivity contribution in [1.82, 2.24) is 14.5 Å². The predicted octanol–water partition coefficient (Wildman–Crippen LogP) is 12.8. The predicted molar refractivity (Wildman–Crippen MR) is 250 cm³/mol. The number of fused-ring (bicyclic) bond motifs is 4. The molecule has 10 aromatic rings. The number of rotatable bonds is 7. The number of hydrogen-bond acceptors (Lipinski definition) is 5. The number of carbonyl (C=O) groups is 1. The highest BCUT2D eigenvalue weighted by molar-refractivity contribution is 6.18. The zero-order valence-corrected chi connectivity index (χ0v) is 33.8. The van der Waals surface area contributed by atoms with Crippen molar-refractivity contribution < 1.29 is 4.79 Å². The Labute approximate surface area is 363 Å². The van der Waals surface area contributed by atoms with Gasteiger partial charge in [0.1, 0.15) is 23.5 Å². The first-order valence-corrected chi connectivity index (χ1v) is 20.7. The number of benzene rings is 7. The molecule has 1 amide bonds. The van der Waals surface area contributed by atoms with E-state index < -0.39 is 0 Å². The lowest BCUT2D eigenvalue weighted by Crippen LogP contribution is -2.25. The minimum atomic E-state index is -0.100. The van der Waals surface area contributed by atoms with Crippen molar-refractivity contribution >= 4 is 33.4 Å². The number of amides is 1. The zero-order chi connectivity index (χ0) is 42.4. The van der Waals surface area contributed by atoms with Crippen molar-refractivity contribution in [2.24, 2.45) is 0 Å². The average molecular weight is 807 g/mol. The maximum Gasteiger partial charge on any atom is 0.261 e. The third kappa shape index (κ3) is 6.40. The van der Waals surface area contributed by atoms with Crippen molar-refractivity contribution in [3.63, 3.8) is 0 Å². The SMILES string of the molecule is N#Cc1cccc(-c2ccc3c4ccc(-c5cccc(C#N)n5)cc4n(-c4cccc5c4C(=O)N(c4c(-c6ccccc6)cc(-c6ccccc6)cc4-c4ccccc4)C5)c3c2)n1. The number of hydrogen-bond donors (Lipinski definition) is 0. The Hall–Kier alpha value is -8.91. The van der Waals surface area contributed by atoms with E-state index in [1.807, 2.05) is 95.9 Å². The molecule has 0 bridgehead atoms. The first-order chi connectivity index (χ1) is 31.1. The van der Waals surface area contributed by atoms with Crippen LogP contribution in [0.25, 0.3) is 83.4 Å². The average Bonchev–Trinajstić information content (AvgIpc) is 3.87. The van der Waals surface area contributed by atoms with Crippen LogP contribution in [-0.4, -0.2) is 20.4 Å². The molecular weight excluding hydrogens is 773 g/mol. The second-order valence-electron chi connectivity index (χ2n) is 15.6. The Morgan fingerprint density at radius 2 is 0.952 bits per heavy atom. The molecule has 7 aromatic carbocycles. The van der Waals surface area contributed by atoms with Gasteiger partial charge in [-0.05, 0) is 82.4 Å². The fraction of sp³-hybridized carbons (Fsp3) is 0.0179. The molecule has 7 nitrogen and oxygen atoms in total. The van der Waals surface area contributed by atoms with E-state index in [0.717, 1.165) is 83.3 Å². The highest BCUT2D eigenvalue weighted by atomic mass is 16.2. The fourth-order valence-corrected chi connectivity index (χ4v) is 9.02. The third-order valence-corrected chi connectivity index (χ3v) is 11.9. The van der Waals surface area contributed by atoms with Gasteiger partial charge >= 0.3 is 0 Å². The van der Waals surface area contributed by atoms with Crippen LogP contribution >= 0.6 is 0 Å². The van der Waals surface area contributed by atoms with Gasteiger partial charge in [0.2, 0.25) is 0 Å². The topological polar surface area (TPSA) is 98.6 Å². The second-order valence-corrected chi connectivity index (χ2v) is 15.6. The summed E-state index contributed by atoms with van der Waals surface area (Å²) in [6.45, 7) is 0.371. The molecule has 1 aliphatic rings. The van der Waals surface area contributed by atoms with Gasteiger partial charge in [-0.2, -0.15) is 10.5 Å². The molecule has 4 heterocycles. The zero-order valence-electron chi connectivity index (χ0n) is 33.8. The van der Waals surface area contributed by atoms with E-state index in [1.54, 1.807) is 12.1 Å². The van der Waals surface area contributed by atoms with Crippen molar-refractivity contribution in [1.29, 1.82) is 10.5 Å². The number of carbonyl (C=O) groups excluding carboxylic acids is 1. The van der Waals surface area contributed by atoms with Crippen LogP contribution in [-0.2, 0) is 6.54 Å². The van der Waals surface area contributed by atoms with Gasteiger partial charge in [0.15, 0.2) is 0 Å². The number of nitriles is 2. The molecule has 0 fully saturated rings. The normalized spacial score (nSPS) is 12.0. The summed E-state index contributed by atoms with van der Waals surface area (Å²) >= 11 is 0. The summed E-state index contributed by atoms with van der Waals surface area (Å²) in [5.74, 6) is -0.100. The number of anilines is 1. The maximum absolute atomic E-state index is 15.7. The first-order valence-electron chi connectivity index (χ1n) is 20.7. The summed E-state index contributed by atoms with van der Waals surface area (Å²) in [6, 6.07) is 69.1. The lowest BCUT2D eigenvalue weighted by Gasteiger charge is -2.25. The van der Waals surface area contributed by atoms with Crippen molar-refractivity contribution in [3.05, 3.63) is 217 Å². The van der Waals surface area contributed by atoms with Crippen molar-refractivity contribution in [2.75, 3.05) is 4.90 Å². The number of aromatic nitrogens is 3. The van der Waals surface area contributed by atoms with Gasteiger partial charge in [-0.3, -0.25) is 4.79 Å². The molecule has 0 aliphatic carbocycles. The molecule has 0 atom stereocenters. The Morgan fingerprint density at radius 3 is 1.46 bits per heavy atom. The molecule has 0 spiro atoms. The molecule has 0 saturated heterocycles. The molecule has 7 heteroatoms. The Morgan fingerprint density at radius 1 is 0.460 bits per heavy atom.